The molecule has 0 aromatic heterocycles. The maximum absolute atomic E-state index is 10.7. The molecule has 4 heteroatoms. The summed E-state index contributed by atoms with van der Waals surface area (Å²) in [6.45, 7) is 0. The molecule has 2 fully saturated rings. The van der Waals surface area contributed by atoms with Gasteiger partial charge in [-0.2, -0.15) is 0 Å². The Labute approximate surface area is 71.4 Å². The summed E-state index contributed by atoms with van der Waals surface area (Å²) in [4.78, 5) is 10.7. The molecular formula is C7H12ClNO2. The number of carboxylic acid groups (broad SMARTS) is 1. The predicted octanol–water partition coefficient (Wildman–Crippen LogP) is 0.620. The molecule has 2 aliphatic rings. The first kappa shape index (κ1) is 8.81. The summed E-state index contributed by atoms with van der Waals surface area (Å²) < 4.78 is 0. The van der Waals surface area contributed by atoms with E-state index in [-0.39, 0.29) is 23.9 Å². The van der Waals surface area contributed by atoms with E-state index in [2.05, 4.69) is 0 Å². The number of nitrogens with two attached hydrogens (primary N) is 1. The minimum atomic E-state index is -0.634. The van der Waals surface area contributed by atoms with Gasteiger partial charge in [-0.05, 0) is 25.2 Å². The van der Waals surface area contributed by atoms with Crippen LogP contribution in [0.1, 0.15) is 19.3 Å². The van der Waals surface area contributed by atoms with E-state index in [0.717, 1.165) is 19.3 Å². The average molecular weight is 178 g/mol. The van der Waals surface area contributed by atoms with Crippen molar-refractivity contribution in [2.75, 3.05) is 0 Å². The van der Waals surface area contributed by atoms with Gasteiger partial charge >= 0.3 is 5.97 Å². The molecule has 0 aromatic rings. The number of carboxylic acids is 1. The quantitative estimate of drug-likeness (QED) is 0.617. The van der Waals surface area contributed by atoms with Gasteiger partial charge < -0.3 is 10.8 Å². The number of hydrogen-bond donors (Lipinski definition) is 2. The van der Waals surface area contributed by atoms with Crippen LogP contribution in [0.5, 0.6) is 0 Å². The fraction of sp³-hybridized carbons (Fsp3) is 0.857. The van der Waals surface area contributed by atoms with Gasteiger partial charge in [0.15, 0.2) is 0 Å². The van der Waals surface area contributed by atoms with Crippen LogP contribution in [0.4, 0.5) is 0 Å². The lowest BCUT2D eigenvalue weighted by atomic mass is 10.1. The van der Waals surface area contributed by atoms with Gasteiger partial charge in [0.25, 0.3) is 0 Å². The molecule has 0 saturated heterocycles. The third-order valence-corrected chi connectivity index (χ3v) is 3.00. The predicted molar refractivity (Wildman–Crippen MR) is 42.6 cm³/mol. The van der Waals surface area contributed by atoms with Crippen LogP contribution in [0.15, 0.2) is 0 Å². The van der Waals surface area contributed by atoms with Crippen molar-refractivity contribution in [3.05, 3.63) is 0 Å². The van der Waals surface area contributed by atoms with Crippen LogP contribution in [-0.4, -0.2) is 17.1 Å². The molecule has 3 atom stereocenters. The SMILES string of the molecule is Cl.N[C@@H]1CC[C@]2(C(=O)O)C[C@H]12. The van der Waals surface area contributed by atoms with E-state index in [4.69, 9.17) is 10.8 Å². The fourth-order valence-corrected chi connectivity index (χ4v) is 2.16. The second kappa shape index (κ2) is 2.35. The number of hydrogen-bond acceptors (Lipinski definition) is 2. The Hall–Kier alpha value is -0.280. The highest BCUT2D eigenvalue weighted by molar-refractivity contribution is 5.85. The maximum Gasteiger partial charge on any atom is 0.309 e. The summed E-state index contributed by atoms with van der Waals surface area (Å²) in [6.07, 6.45) is 2.52. The summed E-state index contributed by atoms with van der Waals surface area (Å²) in [5, 5.41) is 8.78. The van der Waals surface area contributed by atoms with Crippen molar-refractivity contribution in [2.45, 2.75) is 25.3 Å². The lowest BCUT2D eigenvalue weighted by molar-refractivity contribution is -0.143. The monoisotopic (exact) mass is 177 g/mol. The molecule has 0 aromatic carbocycles. The second-order valence-electron chi connectivity index (χ2n) is 3.47. The van der Waals surface area contributed by atoms with Gasteiger partial charge in [0, 0.05) is 6.04 Å². The lowest BCUT2D eigenvalue weighted by Gasteiger charge is -2.01. The first-order valence-electron chi connectivity index (χ1n) is 3.66. The number of carbonyl (C=O) groups is 1. The third kappa shape index (κ3) is 0.948. The molecule has 0 spiro atoms. The van der Waals surface area contributed by atoms with Gasteiger partial charge in [0.05, 0.1) is 5.41 Å². The van der Waals surface area contributed by atoms with E-state index in [9.17, 15) is 4.79 Å². The molecule has 0 amide bonds. The van der Waals surface area contributed by atoms with Crippen LogP contribution in [0.25, 0.3) is 0 Å². The summed E-state index contributed by atoms with van der Waals surface area (Å²) >= 11 is 0. The molecule has 2 aliphatic carbocycles. The van der Waals surface area contributed by atoms with Gasteiger partial charge in [0.1, 0.15) is 0 Å². The second-order valence-corrected chi connectivity index (χ2v) is 3.47. The van der Waals surface area contributed by atoms with Crippen molar-refractivity contribution < 1.29 is 9.90 Å². The van der Waals surface area contributed by atoms with Gasteiger partial charge in [-0.25, -0.2) is 0 Å². The Morgan fingerprint density at radius 3 is 2.45 bits per heavy atom. The Morgan fingerprint density at radius 1 is 1.64 bits per heavy atom. The van der Waals surface area contributed by atoms with E-state index in [1.165, 1.54) is 0 Å². The van der Waals surface area contributed by atoms with E-state index in [1.54, 1.807) is 0 Å². The first-order chi connectivity index (χ1) is 4.67. The van der Waals surface area contributed by atoms with Crippen LogP contribution in [0, 0.1) is 11.3 Å². The average Bonchev–Trinajstić information content (AvgIpc) is 2.52. The highest BCUT2D eigenvalue weighted by Crippen LogP contribution is 2.62. The van der Waals surface area contributed by atoms with Crippen LogP contribution in [0.3, 0.4) is 0 Å². The van der Waals surface area contributed by atoms with Gasteiger partial charge in [-0.1, -0.05) is 0 Å². The minimum Gasteiger partial charge on any atom is -0.481 e. The maximum atomic E-state index is 10.7. The summed E-state index contributed by atoms with van der Waals surface area (Å²) in [5.74, 6) is -0.338. The minimum absolute atomic E-state index is 0. The summed E-state index contributed by atoms with van der Waals surface area (Å²) in [6, 6.07) is 0.163. The lowest BCUT2D eigenvalue weighted by Crippen LogP contribution is -2.20. The Morgan fingerprint density at radius 2 is 2.27 bits per heavy atom. The third-order valence-electron chi connectivity index (χ3n) is 3.00. The zero-order valence-electron chi connectivity index (χ0n) is 6.12. The molecule has 2 saturated carbocycles. The molecule has 2 rings (SSSR count). The molecule has 11 heavy (non-hydrogen) atoms. The van der Waals surface area contributed by atoms with Gasteiger partial charge in [-0.3, -0.25) is 4.79 Å². The number of aliphatic carboxylic acids is 1. The smallest absolute Gasteiger partial charge is 0.309 e. The molecule has 0 radical (unpaired) electrons. The Balaban J connectivity index is 0.000000605. The molecular weight excluding hydrogens is 166 g/mol. The Bertz CT molecular complexity index is 197. The largest absolute Gasteiger partial charge is 0.481 e. The zero-order chi connectivity index (χ0) is 7.35. The van der Waals surface area contributed by atoms with Crippen LogP contribution < -0.4 is 5.73 Å². The molecule has 3 nitrogen and oxygen atoms in total. The first-order valence-corrected chi connectivity index (χ1v) is 3.66. The summed E-state index contributed by atoms with van der Waals surface area (Å²) in [5.41, 5.74) is 5.30. The van der Waals surface area contributed by atoms with Crippen molar-refractivity contribution in [1.82, 2.24) is 0 Å². The van der Waals surface area contributed by atoms with Crippen LogP contribution in [-0.2, 0) is 4.79 Å². The topological polar surface area (TPSA) is 63.3 Å². The van der Waals surface area contributed by atoms with E-state index >= 15 is 0 Å². The summed E-state index contributed by atoms with van der Waals surface area (Å²) in [7, 11) is 0. The molecule has 0 unspecified atom stereocenters. The van der Waals surface area contributed by atoms with Crippen LogP contribution >= 0.6 is 12.4 Å². The van der Waals surface area contributed by atoms with E-state index in [0.29, 0.717) is 5.92 Å². The normalized spacial score (nSPS) is 45.9. The molecule has 3 N–H and O–H groups in total. The number of fused-ring (bicyclic) bond motifs is 1. The highest BCUT2D eigenvalue weighted by Gasteiger charge is 2.65. The Kier molecular flexibility index (Phi) is 1.89. The molecule has 64 valence electrons. The van der Waals surface area contributed by atoms with E-state index < -0.39 is 5.97 Å². The van der Waals surface area contributed by atoms with Gasteiger partial charge in [-0.15, -0.1) is 12.4 Å². The van der Waals surface area contributed by atoms with Crippen molar-refractivity contribution in [2.24, 2.45) is 17.1 Å². The molecule has 0 heterocycles. The number of halogens is 1. The van der Waals surface area contributed by atoms with Gasteiger partial charge in [0.2, 0.25) is 0 Å². The molecule has 0 aliphatic heterocycles. The van der Waals surface area contributed by atoms with Crippen LogP contribution in [0.2, 0.25) is 0 Å². The standard InChI is InChI=1S/C7H11NO2.ClH/c8-5-1-2-7(6(9)10)3-4(5)7;/h4-5H,1-3,8H2,(H,9,10);1H/t4-,5-,7+;/m1./s1. The zero-order valence-corrected chi connectivity index (χ0v) is 6.93. The highest BCUT2D eigenvalue weighted by atomic mass is 35.5. The van der Waals surface area contributed by atoms with Crippen molar-refractivity contribution in [1.29, 1.82) is 0 Å². The fourth-order valence-electron chi connectivity index (χ4n) is 2.16. The van der Waals surface area contributed by atoms with Crippen molar-refractivity contribution >= 4 is 18.4 Å². The van der Waals surface area contributed by atoms with Crippen molar-refractivity contribution in [3.63, 3.8) is 0 Å². The molecule has 0 bridgehead atoms. The van der Waals surface area contributed by atoms with Crippen molar-refractivity contribution in [3.8, 4) is 0 Å². The van der Waals surface area contributed by atoms with E-state index in [1.807, 2.05) is 0 Å². The number of rotatable bonds is 1.